The summed E-state index contributed by atoms with van der Waals surface area (Å²) in [7, 11) is 0. The summed E-state index contributed by atoms with van der Waals surface area (Å²) < 4.78 is 7.49. The number of nitrogens with zero attached hydrogens (tertiary/aromatic N) is 2. The summed E-state index contributed by atoms with van der Waals surface area (Å²) in [5.41, 5.74) is 1.15. The molecule has 1 aromatic heterocycles. The molecular formula is C15H27N3O. The third kappa shape index (κ3) is 4.96. The number of ether oxygens (including phenoxy) is 1. The van der Waals surface area contributed by atoms with Gasteiger partial charge in [-0.05, 0) is 38.8 Å². The maximum absolute atomic E-state index is 5.31. The van der Waals surface area contributed by atoms with Crippen molar-refractivity contribution in [3.05, 3.63) is 18.0 Å². The molecule has 0 spiro atoms. The smallest absolute Gasteiger partial charge is 0.0762 e. The van der Waals surface area contributed by atoms with Gasteiger partial charge in [-0.3, -0.25) is 4.68 Å². The number of rotatable bonds is 8. The summed E-state index contributed by atoms with van der Waals surface area (Å²) >= 11 is 0. The summed E-state index contributed by atoms with van der Waals surface area (Å²) in [6.45, 7) is 5.55. The molecule has 108 valence electrons. The van der Waals surface area contributed by atoms with Crippen molar-refractivity contribution in [3.63, 3.8) is 0 Å². The van der Waals surface area contributed by atoms with E-state index in [4.69, 9.17) is 9.84 Å². The van der Waals surface area contributed by atoms with Gasteiger partial charge in [0.15, 0.2) is 0 Å². The predicted octanol–water partition coefficient (Wildman–Crippen LogP) is 2.90. The van der Waals surface area contributed by atoms with Crippen LogP contribution in [0.4, 0.5) is 0 Å². The van der Waals surface area contributed by atoms with Crippen LogP contribution in [0.2, 0.25) is 0 Å². The number of hydrogen-bond donors (Lipinski definition) is 1. The second-order valence-corrected chi connectivity index (χ2v) is 5.31. The largest absolute Gasteiger partial charge is 0.382 e. The Morgan fingerprint density at radius 3 is 3.00 bits per heavy atom. The fourth-order valence-corrected chi connectivity index (χ4v) is 2.68. The highest BCUT2D eigenvalue weighted by Gasteiger charge is 2.15. The van der Waals surface area contributed by atoms with Crippen LogP contribution in [-0.4, -0.2) is 29.5 Å². The van der Waals surface area contributed by atoms with Gasteiger partial charge in [0, 0.05) is 26.0 Å². The van der Waals surface area contributed by atoms with Crippen LogP contribution >= 0.6 is 0 Å². The molecule has 0 aliphatic heterocycles. The topological polar surface area (TPSA) is 39.1 Å². The average molecular weight is 265 g/mol. The van der Waals surface area contributed by atoms with Gasteiger partial charge >= 0.3 is 0 Å². The zero-order valence-corrected chi connectivity index (χ0v) is 12.1. The van der Waals surface area contributed by atoms with Crippen molar-refractivity contribution in [3.8, 4) is 0 Å². The molecule has 0 atom stereocenters. The van der Waals surface area contributed by atoms with Crippen LogP contribution in [0.5, 0.6) is 0 Å². The summed E-state index contributed by atoms with van der Waals surface area (Å²) in [6, 6.07) is 2.78. The maximum atomic E-state index is 5.31. The Balaban J connectivity index is 1.66. The van der Waals surface area contributed by atoms with E-state index >= 15 is 0 Å². The average Bonchev–Trinajstić information content (AvgIpc) is 2.92. The molecule has 0 saturated heterocycles. The first-order valence-corrected chi connectivity index (χ1v) is 7.72. The minimum atomic E-state index is 0.639. The quantitative estimate of drug-likeness (QED) is 0.735. The molecule has 1 fully saturated rings. The van der Waals surface area contributed by atoms with Crippen molar-refractivity contribution < 1.29 is 4.74 Å². The summed E-state index contributed by atoms with van der Waals surface area (Å²) in [5.74, 6) is 0. The first-order valence-electron chi connectivity index (χ1n) is 7.72. The lowest BCUT2D eigenvalue weighted by Crippen LogP contribution is -2.18. The summed E-state index contributed by atoms with van der Waals surface area (Å²) in [5, 5.41) is 8.11. The highest BCUT2D eigenvalue weighted by molar-refractivity contribution is 4.99. The van der Waals surface area contributed by atoms with Crippen LogP contribution in [0.1, 0.15) is 57.2 Å². The van der Waals surface area contributed by atoms with Crippen LogP contribution in [0, 0.1) is 0 Å². The van der Waals surface area contributed by atoms with Gasteiger partial charge < -0.3 is 10.1 Å². The number of nitrogens with one attached hydrogen (secondary N) is 1. The van der Waals surface area contributed by atoms with Crippen molar-refractivity contribution in [2.24, 2.45) is 0 Å². The van der Waals surface area contributed by atoms with Gasteiger partial charge in [0.1, 0.15) is 0 Å². The maximum Gasteiger partial charge on any atom is 0.0762 e. The minimum absolute atomic E-state index is 0.639. The van der Waals surface area contributed by atoms with Crippen LogP contribution < -0.4 is 5.32 Å². The first kappa shape index (κ1) is 14.5. The first-order chi connectivity index (χ1) is 9.40. The fraction of sp³-hybridized carbons (Fsp3) is 0.800. The monoisotopic (exact) mass is 265 g/mol. The molecule has 1 aromatic rings. The highest BCUT2D eigenvalue weighted by atomic mass is 16.5. The van der Waals surface area contributed by atoms with E-state index in [0.717, 1.165) is 38.4 Å². The van der Waals surface area contributed by atoms with E-state index in [2.05, 4.69) is 22.3 Å². The molecule has 1 aliphatic rings. The lowest BCUT2D eigenvalue weighted by molar-refractivity contribution is 0.144. The van der Waals surface area contributed by atoms with Crippen molar-refractivity contribution in [2.75, 3.05) is 19.8 Å². The third-order valence-electron chi connectivity index (χ3n) is 3.76. The van der Waals surface area contributed by atoms with E-state index in [-0.39, 0.29) is 0 Å². The Morgan fingerprint density at radius 1 is 1.37 bits per heavy atom. The van der Waals surface area contributed by atoms with Gasteiger partial charge in [-0.1, -0.05) is 19.3 Å². The van der Waals surface area contributed by atoms with Crippen molar-refractivity contribution in [2.45, 2.75) is 58.0 Å². The normalized spacial score (nSPS) is 16.9. The van der Waals surface area contributed by atoms with Gasteiger partial charge in [-0.25, -0.2) is 0 Å². The molecule has 0 aromatic carbocycles. The van der Waals surface area contributed by atoms with Crippen LogP contribution in [0.15, 0.2) is 12.3 Å². The van der Waals surface area contributed by atoms with Gasteiger partial charge in [0.05, 0.1) is 11.7 Å². The second kappa shape index (κ2) is 8.33. The molecule has 19 heavy (non-hydrogen) atoms. The Kier molecular flexibility index (Phi) is 6.37. The lowest BCUT2D eigenvalue weighted by Gasteiger charge is -2.21. The molecule has 1 saturated carbocycles. The van der Waals surface area contributed by atoms with E-state index in [1.807, 2.05) is 6.92 Å². The number of hydrogen-bond acceptors (Lipinski definition) is 3. The molecule has 0 amide bonds. The van der Waals surface area contributed by atoms with E-state index in [1.54, 1.807) is 0 Å². The van der Waals surface area contributed by atoms with Crippen molar-refractivity contribution in [1.82, 2.24) is 15.1 Å². The van der Waals surface area contributed by atoms with Crippen LogP contribution in [0.3, 0.4) is 0 Å². The summed E-state index contributed by atoms with van der Waals surface area (Å²) in [4.78, 5) is 0. The van der Waals surface area contributed by atoms with Gasteiger partial charge in [-0.15, -0.1) is 0 Å². The number of aromatic nitrogens is 2. The Hall–Kier alpha value is -0.870. The van der Waals surface area contributed by atoms with E-state index < -0.39 is 0 Å². The Labute approximate surface area is 116 Å². The van der Waals surface area contributed by atoms with Crippen LogP contribution in [-0.2, 0) is 11.3 Å². The van der Waals surface area contributed by atoms with Crippen LogP contribution in [0.25, 0.3) is 0 Å². The minimum Gasteiger partial charge on any atom is -0.382 e. The van der Waals surface area contributed by atoms with Gasteiger partial charge in [0.2, 0.25) is 0 Å². The Bertz CT molecular complexity index is 345. The molecule has 4 nitrogen and oxygen atoms in total. The molecular weight excluding hydrogens is 238 g/mol. The summed E-state index contributed by atoms with van der Waals surface area (Å²) in [6.07, 6.45) is 9.91. The van der Waals surface area contributed by atoms with E-state index in [1.165, 1.54) is 32.1 Å². The molecule has 0 unspecified atom stereocenters. The zero-order chi connectivity index (χ0) is 13.3. The fourth-order valence-electron chi connectivity index (χ4n) is 2.68. The van der Waals surface area contributed by atoms with Crippen molar-refractivity contribution in [1.29, 1.82) is 0 Å². The molecule has 2 rings (SSSR count). The molecule has 1 N–H and O–H groups in total. The molecule has 1 heterocycles. The highest BCUT2D eigenvalue weighted by Crippen LogP contribution is 2.27. The second-order valence-electron chi connectivity index (χ2n) is 5.31. The van der Waals surface area contributed by atoms with E-state index in [0.29, 0.717) is 6.04 Å². The van der Waals surface area contributed by atoms with Gasteiger partial charge in [0.25, 0.3) is 0 Å². The SMILES string of the molecule is CCOCCCNCc1ccn(C2CCCCC2)n1. The standard InChI is InChI=1S/C15H27N3O/c1-2-19-12-6-10-16-13-14-9-11-18(17-14)15-7-4-3-5-8-15/h9,11,15-16H,2-8,10,12-13H2,1H3. The zero-order valence-electron chi connectivity index (χ0n) is 12.1. The molecule has 1 aliphatic carbocycles. The van der Waals surface area contributed by atoms with Crippen molar-refractivity contribution >= 4 is 0 Å². The lowest BCUT2D eigenvalue weighted by atomic mass is 9.96. The van der Waals surface area contributed by atoms with E-state index in [9.17, 15) is 0 Å². The molecule has 4 heteroatoms. The predicted molar refractivity (Wildman–Crippen MR) is 77.2 cm³/mol. The Morgan fingerprint density at radius 2 is 2.21 bits per heavy atom. The van der Waals surface area contributed by atoms with Gasteiger partial charge in [-0.2, -0.15) is 5.10 Å². The molecule has 0 radical (unpaired) electrons. The molecule has 0 bridgehead atoms. The third-order valence-corrected chi connectivity index (χ3v) is 3.76.